The molecule has 7 heteroatoms. The predicted molar refractivity (Wildman–Crippen MR) is 119 cm³/mol. The minimum Gasteiger partial charge on any atom is -0.325 e. The summed E-state index contributed by atoms with van der Waals surface area (Å²) in [6.45, 7) is 1.24. The zero-order valence-electron chi connectivity index (χ0n) is 16.9. The van der Waals surface area contributed by atoms with Crippen LogP contribution in [0.15, 0.2) is 77.9 Å². The number of Topliss-reactive ketones (excluding diaryl/α,β-unsaturated/α-hetero) is 1. The quantitative estimate of drug-likeness (QED) is 0.646. The third kappa shape index (κ3) is 4.56. The molecule has 2 amide bonds. The number of carbonyl (C=O) groups is 3. The lowest BCUT2D eigenvalue weighted by atomic mass is 10.1. The predicted octanol–water partition coefficient (Wildman–Crippen LogP) is 3.78. The van der Waals surface area contributed by atoms with Crippen molar-refractivity contribution in [2.45, 2.75) is 13.3 Å². The number of anilines is 2. The number of fused-ring (bicyclic) bond motifs is 1. The van der Waals surface area contributed by atoms with Crippen LogP contribution in [0, 0.1) is 0 Å². The van der Waals surface area contributed by atoms with Crippen LogP contribution >= 0.6 is 0 Å². The number of amides is 2. The Balaban J connectivity index is 1.58. The molecule has 154 valence electrons. The van der Waals surface area contributed by atoms with Gasteiger partial charge in [-0.05, 0) is 36.8 Å². The SMILES string of the molecule is CC(=O)c1cccc(NC(=O)CN2C(=O)CC(c3ccccc3)=Nc3cccnc32)c1. The smallest absolute Gasteiger partial charge is 0.244 e. The van der Waals surface area contributed by atoms with E-state index in [-0.39, 0.29) is 24.7 Å². The van der Waals surface area contributed by atoms with Crippen LogP contribution in [-0.4, -0.2) is 34.8 Å². The van der Waals surface area contributed by atoms with Crippen LogP contribution in [0.5, 0.6) is 0 Å². The molecule has 3 aromatic rings. The minimum absolute atomic E-state index is 0.0491. The second kappa shape index (κ2) is 8.71. The van der Waals surface area contributed by atoms with Gasteiger partial charge in [0.05, 0.1) is 12.1 Å². The van der Waals surface area contributed by atoms with Gasteiger partial charge in [-0.1, -0.05) is 42.5 Å². The molecule has 0 saturated heterocycles. The summed E-state index contributed by atoms with van der Waals surface area (Å²) in [5.74, 6) is -0.421. The zero-order valence-corrected chi connectivity index (χ0v) is 16.9. The lowest BCUT2D eigenvalue weighted by molar-refractivity contribution is -0.120. The van der Waals surface area contributed by atoms with Gasteiger partial charge in [0.25, 0.3) is 0 Å². The molecule has 0 atom stereocenters. The summed E-state index contributed by atoms with van der Waals surface area (Å²) < 4.78 is 0. The maximum Gasteiger partial charge on any atom is 0.244 e. The highest BCUT2D eigenvalue weighted by molar-refractivity contribution is 6.18. The van der Waals surface area contributed by atoms with Gasteiger partial charge in [0.1, 0.15) is 12.2 Å². The maximum atomic E-state index is 13.1. The first-order chi connectivity index (χ1) is 15.0. The average Bonchev–Trinajstić information content (AvgIpc) is 2.91. The van der Waals surface area contributed by atoms with Crippen molar-refractivity contribution in [1.29, 1.82) is 0 Å². The van der Waals surface area contributed by atoms with Crippen molar-refractivity contribution in [1.82, 2.24) is 4.98 Å². The molecule has 0 radical (unpaired) electrons. The molecule has 0 saturated carbocycles. The van der Waals surface area contributed by atoms with Crippen molar-refractivity contribution in [2.24, 2.45) is 4.99 Å². The van der Waals surface area contributed by atoms with Crippen molar-refractivity contribution >= 4 is 40.5 Å². The largest absolute Gasteiger partial charge is 0.325 e. The number of aliphatic imine (C=N–C) groups is 1. The number of pyridine rings is 1. The van der Waals surface area contributed by atoms with Crippen LogP contribution in [0.1, 0.15) is 29.3 Å². The van der Waals surface area contributed by atoms with Gasteiger partial charge in [-0.15, -0.1) is 0 Å². The molecule has 7 nitrogen and oxygen atoms in total. The number of ketones is 1. The van der Waals surface area contributed by atoms with E-state index >= 15 is 0 Å². The summed E-state index contributed by atoms with van der Waals surface area (Å²) in [5, 5.41) is 2.75. The van der Waals surface area contributed by atoms with E-state index in [2.05, 4.69) is 15.3 Å². The Hall–Kier alpha value is -4.13. The normalized spacial score (nSPS) is 13.1. The van der Waals surface area contributed by atoms with E-state index in [4.69, 9.17) is 0 Å². The summed E-state index contributed by atoms with van der Waals surface area (Å²) in [5.41, 5.74) is 2.98. The van der Waals surface area contributed by atoms with Gasteiger partial charge >= 0.3 is 0 Å². The first-order valence-corrected chi connectivity index (χ1v) is 9.80. The molecule has 2 heterocycles. The number of nitrogens with one attached hydrogen (secondary N) is 1. The van der Waals surface area contributed by atoms with Crippen molar-refractivity contribution in [2.75, 3.05) is 16.8 Å². The van der Waals surface area contributed by atoms with Crippen LogP contribution in [0.25, 0.3) is 0 Å². The van der Waals surface area contributed by atoms with Crippen LogP contribution in [0.2, 0.25) is 0 Å². The summed E-state index contributed by atoms with van der Waals surface area (Å²) in [6, 6.07) is 19.6. The fourth-order valence-electron chi connectivity index (χ4n) is 3.35. The number of hydrogen-bond donors (Lipinski definition) is 1. The highest BCUT2D eigenvalue weighted by Gasteiger charge is 2.27. The molecule has 0 unspecified atom stereocenters. The molecule has 0 aliphatic carbocycles. The highest BCUT2D eigenvalue weighted by atomic mass is 16.2. The second-order valence-corrected chi connectivity index (χ2v) is 7.11. The Morgan fingerprint density at radius 2 is 1.84 bits per heavy atom. The molecule has 1 aliphatic rings. The van der Waals surface area contributed by atoms with Crippen LogP contribution in [0.3, 0.4) is 0 Å². The van der Waals surface area contributed by atoms with Crippen molar-refractivity contribution < 1.29 is 14.4 Å². The first-order valence-electron chi connectivity index (χ1n) is 9.80. The molecule has 0 spiro atoms. The molecule has 0 fully saturated rings. The Morgan fingerprint density at radius 3 is 2.61 bits per heavy atom. The monoisotopic (exact) mass is 412 g/mol. The molecule has 0 bridgehead atoms. The van der Waals surface area contributed by atoms with Gasteiger partial charge in [-0.2, -0.15) is 0 Å². The van der Waals surface area contributed by atoms with Crippen LogP contribution < -0.4 is 10.2 Å². The molecule has 4 rings (SSSR count). The standard InChI is InChI=1S/C24H20N4O3/c1-16(29)18-9-5-10-19(13-18)26-22(30)15-28-23(31)14-21(17-7-3-2-4-8-17)27-20-11-6-12-25-24(20)28/h2-13H,14-15H2,1H3,(H,26,30). The second-order valence-electron chi connectivity index (χ2n) is 7.11. The topological polar surface area (TPSA) is 91.7 Å². The zero-order chi connectivity index (χ0) is 21.8. The summed E-state index contributed by atoms with van der Waals surface area (Å²) in [7, 11) is 0. The van der Waals surface area contributed by atoms with Gasteiger partial charge in [0.2, 0.25) is 11.8 Å². The van der Waals surface area contributed by atoms with Gasteiger partial charge in [0.15, 0.2) is 11.6 Å². The van der Waals surface area contributed by atoms with E-state index in [1.807, 2.05) is 30.3 Å². The molecule has 1 aliphatic heterocycles. The maximum absolute atomic E-state index is 13.1. The number of nitrogens with zero attached hydrogens (tertiary/aromatic N) is 3. The van der Waals surface area contributed by atoms with E-state index in [0.29, 0.717) is 28.5 Å². The van der Waals surface area contributed by atoms with Crippen LogP contribution in [0.4, 0.5) is 17.2 Å². The fourth-order valence-corrected chi connectivity index (χ4v) is 3.35. The average molecular weight is 412 g/mol. The van der Waals surface area contributed by atoms with E-state index in [0.717, 1.165) is 5.56 Å². The van der Waals surface area contributed by atoms with Crippen molar-refractivity contribution in [3.8, 4) is 0 Å². The number of hydrogen-bond acceptors (Lipinski definition) is 5. The van der Waals surface area contributed by atoms with Gasteiger partial charge < -0.3 is 5.32 Å². The van der Waals surface area contributed by atoms with Gasteiger partial charge in [-0.25, -0.2) is 9.98 Å². The molecular weight excluding hydrogens is 392 g/mol. The van der Waals surface area contributed by atoms with E-state index in [1.165, 1.54) is 11.8 Å². The Morgan fingerprint density at radius 1 is 1.03 bits per heavy atom. The van der Waals surface area contributed by atoms with E-state index < -0.39 is 5.91 Å². The highest BCUT2D eigenvalue weighted by Crippen LogP contribution is 2.30. The Kier molecular flexibility index (Phi) is 5.66. The van der Waals surface area contributed by atoms with Gasteiger partial charge in [-0.3, -0.25) is 19.3 Å². The molecule has 31 heavy (non-hydrogen) atoms. The van der Waals surface area contributed by atoms with E-state index in [1.54, 1.807) is 42.6 Å². The van der Waals surface area contributed by atoms with Crippen LogP contribution in [-0.2, 0) is 9.59 Å². The third-order valence-electron chi connectivity index (χ3n) is 4.86. The number of benzene rings is 2. The minimum atomic E-state index is -0.395. The lowest BCUT2D eigenvalue weighted by Gasteiger charge is -2.20. The summed E-state index contributed by atoms with van der Waals surface area (Å²) in [6.07, 6.45) is 1.61. The Labute approximate surface area is 179 Å². The molecule has 1 N–H and O–H groups in total. The summed E-state index contributed by atoms with van der Waals surface area (Å²) in [4.78, 5) is 47.7. The van der Waals surface area contributed by atoms with Gasteiger partial charge in [0, 0.05) is 17.4 Å². The lowest BCUT2D eigenvalue weighted by Crippen LogP contribution is -2.39. The molecule has 1 aromatic heterocycles. The number of rotatable bonds is 5. The van der Waals surface area contributed by atoms with E-state index in [9.17, 15) is 14.4 Å². The first kappa shape index (κ1) is 20.2. The Bertz CT molecular complexity index is 1190. The van der Waals surface area contributed by atoms with Crippen molar-refractivity contribution in [3.05, 3.63) is 84.1 Å². The third-order valence-corrected chi connectivity index (χ3v) is 4.86. The number of aromatic nitrogens is 1. The fraction of sp³-hybridized carbons (Fsp3) is 0.125. The summed E-state index contributed by atoms with van der Waals surface area (Å²) >= 11 is 0. The molecule has 2 aromatic carbocycles. The van der Waals surface area contributed by atoms with Crippen molar-refractivity contribution in [3.63, 3.8) is 0 Å². The molecular formula is C24H20N4O3. The number of carbonyl (C=O) groups excluding carboxylic acids is 3.